The van der Waals surface area contributed by atoms with Gasteiger partial charge in [0.1, 0.15) is 6.10 Å². The van der Waals surface area contributed by atoms with Crippen LogP contribution in [0.15, 0.2) is 30.3 Å². The molecule has 0 saturated heterocycles. The lowest BCUT2D eigenvalue weighted by atomic mass is 10.1. The Hall–Kier alpha value is -1.35. The third kappa shape index (κ3) is 5.51. The number of carbonyl (C=O) groups is 1. The molecule has 88 valence electrons. The first-order chi connectivity index (χ1) is 7.68. The van der Waals surface area contributed by atoms with Crippen molar-refractivity contribution < 1.29 is 9.53 Å². The van der Waals surface area contributed by atoms with Crippen LogP contribution in [0, 0.1) is 0 Å². The monoisotopic (exact) mass is 221 g/mol. The Morgan fingerprint density at radius 3 is 2.69 bits per heavy atom. The third-order valence-corrected chi connectivity index (χ3v) is 2.23. The predicted octanol–water partition coefficient (Wildman–Crippen LogP) is 1.77. The summed E-state index contributed by atoms with van der Waals surface area (Å²) in [5.41, 5.74) is 1.31. The third-order valence-electron chi connectivity index (χ3n) is 2.23. The summed E-state index contributed by atoms with van der Waals surface area (Å²) in [6.07, 6.45) is 0.932. The second kappa shape index (κ2) is 7.01. The summed E-state index contributed by atoms with van der Waals surface area (Å²) in [7, 11) is 0. The molecule has 1 N–H and O–H groups in total. The van der Waals surface area contributed by atoms with Gasteiger partial charge in [0.15, 0.2) is 0 Å². The highest BCUT2D eigenvalue weighted by atomic mass is 16.5. The Bertz CT molecular complexity index is 311. The van der Waals surface area contributed by atoms with Gasteiger partial charge in [-0.3, -0.25) is 4.79 Å². The molecule has 0 aliphatic rings. The number of carbonyl (C=O) groups excluding carboxylic acids is 1. The molecular weight excluding hydrogens is 202 g/mol. The molecule has 0 amide bonds. The second-order valence-corrected chi connectivity index (χ2v) is 3.86. The Morgan fingerprint density at radius 2 is 2.06 bits per heavy atom. The minimum Gasteiger partial charge on any atom is -0.462 e. The largest absolute Gasteiger partial charge is 0.462 e. The Morgan fingerprint density at radius 1 is 1.38 bits per heavy atom. The molecule has 0 aromatic heterocycles. The lowest BCUT2D eigenvalue weighted by molar-refractivity contribution is -0.145. The van der Waals surface area contributed by atoms with E-state index in [2.05, 4.69) is 17.4 Å². The van der Waals surface area contributed by atoms with E-state index in [1.807, 2.05) is 25.1 Å². The molecule has 0 aliphatic carbocycles. The number of esters is 1. The summed E-state index contributed by atoms with van der Waals surface area (Å²) >= 11 is 0. The van der Waals surface area contributed by atoms with Crippen molar-refractivity contribution in [3.8, 4) is 0 Å². The van der Waals surface area contributed by atoms with Gasteiger partial charge in [0, 0.05) is 13.5 Å². The van der Waals surface area contributed by atoms with E-state index < -0.39 is 0 Å². The minimum absolute atomic E-state index is 0.0618. The van der Waals surface area contributed by atoms with Gasteiger partial charge in [-0.15, -0.1) is 0 Å². The highest BCUT2D eigenvalue weighted by Gasteiger charge is 2.03. The summed E-state index contributed by atoms with van der Waals surface area (Å²) in [5.74, 6) is -0.225. The SMILES string of the molecule is CC(=O)OC(C)CNCCc1ccccc1. The van der Waals surface area contributed by atoms with Crippen LogP contribution in [0.5, 0.6) is 0 Å². The molecular formula is C13H19NO2. The molecule has 3 nitrogen and oxygen atoms in total. The molecule has 0 spiro atoms. The quantitative estimate of drug-likeness (QED) is 0.587. The molecule has 0 radical (unpaired) electrons. The zero-order valence-electron chi connectivity index (χ0n) is 9.90. The summed E-state index contributed by atoms with van der Waals surface area (Å²) < 4.78 is 5.00. The fourth-order valence-corrected chi connectivity index (χ4v) is 1.51. The molecule has 0 fully saturated rings. The van der Waals surface area contributed by atoms with E-state index in [1.165, 1.54) is 12.5 Å². The maximum atomic E-state index is 10.7. The fraction of sp³-hybridized carbons (Fsp3) is 0.462. The second-order valence-electron chi connectivity index (χ2n) is 3.86. The van der Waals surface area contributed by atoms with E-state index >= 15 is 0 Å². The maximum Gasteiger partial charge on any atom is 0.302 e. The van der Waals surface area contributed by atoms with Gasteiger partial charge in [-0.05, 0) is 25.5 Å². The standard InChI is InChI=1S/C13H19NO2/c1-11(16-12(2)15)10-14-9-8-13-6-4-3-5-7-13/h3-7,11,14H,8-10H2,1-2H3. The smallest absolute Gasteiger partial charge is 0.302 e. The molecule has 1 aromatic rings. The Kier molecular flexibility index (Phi) is 5.57. The van der Waals surface area contributed by atoms with Gasteiger partial charge in [-0.2, -0.15) is 0 Å². The van der Waals surface area contributed by atoms with Crippen LogP contribution in [-0.4, -0.2) is 25.2 Å². The van der Waals surface area contributed by atoms with Gasteiger partial charge in [-0.25, -0.2) is 0 Å². The van der Waals surface area contributed by atoms with Crippen molar-refractivity contribution in [2.24, 2.45) is 0 Å². The maximum absolute atomic E-state index is 10.7. The normalized spacial score (nSPS) is 12.1. The first-order valence-corrected chi connectivity index (χ1v) is 5.60. The number of hydrogen-bond acceptors (Lipinski definition) is 3. The molecule has 1 atom stereocenters. The first-order valence-electron chi connectivity index (χ1n) is 5.60. The van der Waals surface area contributed by atoms with Gasteiger partial charge >= 0.3 is 5.97 Å². The van der Waals surface area contributed by atoms with E-state index in [1.54, 1.807) is 0 Å². The number of hydrogen-bond donors (Lipinski definition) is 1. The van der Waals surface area contributed by atoms with Crippen molar-refractivity contribution in [2.75, 3.05) is 13.1 Å². The van der Waals surface area contributed by atoms with Crippen molar-refractivity contribution in [3.05, 3.63) is 35.9 Å². The lowest BCUT2D eigenvalue weighted by Crippen LogP contribution is -2.29. The zero-order valence-corrected chi connectivity index (χ0v) is 9.90. The first kappa shape index (κ1) is 12.7. The van der Waals surface area contributed by atoms with Gasteiger partial charge in [-0.1, -0.05) is 30.3 Å². The molecule has 3 heteroatoms. The Labute approximate surface area is 96.8 Å². The Balaban J connectivity index is 2.10. The molecule has 0 aliphatic heterocycles. The van der Waals surface area contributed by atoms with Gasteiger partial charge in [0.2, 0.25) is 0 Å². The van der Waals surface area contributed by atoms with Gasteiger partial charge < -0.3 is 10.1 Å². The summed E-state index contributed by atoms with van der Waals surface area (Å²) in [6, 6.07) is 10.3. The molecule has 0 saturated carbocycles. The van der Waals surface area contributed by atoms with E-state index in [0.717, 1.165) is 13.0 Å². The average molecular weight is 221 g/mol. The predicted molar refractivity (Wildman–Crippen MR) is 64.2 cm³/mol. The minimum atomic E-state index is -0.225. The van der Waals surface area contributed by atoms with Crippen LogP contribution in [0.25, 0.3) is 0 Å². The molecule has 16 heavy (non-hydrogen) atoms. The van der Waals surface area contributed by atoms with Crippen LogP contribution in [0.2, 0.25) is 0 Å². The molecule has 1 rings (SSSR count). The van der Waals surface area contributed by atoms with E-state index in [-0.39, 0.29) is 12.1 Å². The van der Waals surface area contributed by atoms with Gasteiger partial charge in [0.05, 0.1) is 0 Å². The van der Waals surface area contributed by atoms with Crippen LogP contribution in [0.4, 0.5) is 0 Å². The molecule has 1 unspecified atom stereocenters. The summed E-state index contributed by atoms with van der Waals surface area (Å²) in [5, 5.41) is 3.26. The zero-order chi connectivity index (χ0) is 11.8. The average Bonchev–Trinajstić information content (AvgIpc) is 2.25. The van der Waals surface area contributed by atoms with Crippen LogP contribution < -0.4 is 5.32 Å². The van der Waals surface area contributed by atoms with Crippen LogP contribution in [-0.2, 0) is 16.0 Å². The van der Waals surface area contributed by atoms with Crippen molar-refractivity contribution >= 4 is 5.97 Å². The highest BCUT2D eigenvalue weighted by molar-refractivity contribution is 5.66. The van der Waals surface area contributed by atoms with Crippen molar-refractivity contribution in [2.45, 2.75) is 26.4 Å². The van der Waals surface area contributed by atoms with Crippen molar-refractivity contribution in [1.82, 2.24) is 5.32 Å². The van der Waals surface area contributed by atoms with E-state index in [4.69, 9.17) is 4.74 Å². The van der Waals surface area contributed by atoms with Crippen LogP contribution in [0.3, 0.4) is 0 Å². The number of rotatable bonds is 6. The van der Waals surface area contributed by atoms with Crippen LogP contribution >= 0.6 is 0 Å². The fourth-order valence-electron chi connectivity index (χ4n) is 1.51. The molecule has 0 bridgehead atoms. The van der Waals surface area contributed by atoms with Crippen molar-refractivity contribution in [1.29, 1.82) is 0 Å². The topological polar surface area (TPSA) is 38.3 Å². The number of ether oxygens (including phenoxy) is 1. The number of nitrogens with one attached hydrogen (secondary N) is 1. The number of benzene rings is 1. The highest BCUT2D eigenvalue weighted by Crippen LogP contribution is 1.98. The van der Waals surface area contributed by atoms with E-state index in [9.17, 15) is 4.79 Å². The van der Waals surface area contributed by atoms with Gasteiger partial charge in [0.25, 0.3) is 0 Å². The van der Waals surface area contributed by atoms with E-state index in [0.29, 0.717) is 6.54 Å². The van der Waals surface area contributed by atoms with Crippen LogP contribution in [0.1, 0.15) is 19.4 Å². The lowest BCUT2D eigenvalue weighted by Gasteiger charge is -2.12. The molecule has 0 heterocycles. The molecule has 1 aromatic carbocycles. The summed E-state index contributed by atoms with van der Waals surface area (Å²) in [4.78, 5) is 10.7. The van der Waals surface area contributed by atoms with Crippen molar-refractivity contribution in [3.63, 3.8) is 0 Å². The summed E-state index contributed by atoms with van der Waals surface area (Å²) in [6.45, 7) is 4.92.